The van der Waals surface area contributed by atoms with Crippen LogP contribution in [-0.2, 0) is 88.6 Å². The number of aliphatic imine (C=N–C) groups is 1. The second-order valence-electron chi connectivity index (χ2n) is 26.9. The van der Waals surface area contributed by atoms with Crippen LogP contribution < -0.4 is 30.7 Å². The van der Waals surface area contributed by atoms with Crippen molar-refractivity contribution < 1.29 is 85.0 Å². The molecular weight excluding hydrogens is 1270 g/mol. The van der Waals surface area contributed by atoms with Crippen molar-refractivity contribution >= 4 is 62.9 Å². The molecule has 2 aromatic heterocycles. The highest BCUT2D eigenvalue weighted by atomic mass is 31.2. The van der Waals surface area contributed by atoms with E-state index < -0.39 is 125 Å². The lowest BCUT2D eigenvalue weighted by Crippen LogP contribution is -2.64. The molecule has 95 heavy (non-hydrogen) atoms. The topological polar surface area (TPSA) is 393 Å². The Labute approximate surface area is 551 Å². The van der Waals surface area contributed by atoms with Crippen LogP contribution in [0, 0.1) is 17.2 Å². The number of carbonyl (C=O) groups is 4. The lowest BCUT2D eigenvalue weighted by molar-refractivity contribution is -0.181. The molecule has 1 aliphatic carbocycles. The molecule has 3 fully saturated rings. The van der Waals surface area contributed by atoms with Crippen molar-refractivity contribution in [1.29, 1.82) is 5.26 Å². The number of aliphatic hydroxyl groups is 2. The molecule has 4 aromatic rings. The molecule has 31 heteroatoms. The van der Waals surface area contributed by atoms with Gasteiger partial charge in [-0.1, -0.05) is 91.1 Å². The number of rotatable bonds is 25. The molecule has 4 aliphatic heterocycles. The molecule has 3 unspecified atom stereocenters. The number of nitrogens with one attached hydrogen (secondary N) is 2. The van der Waals surface area contributed by atoms with Gasteiger partial charge in [0.05, 0.1) is 43.4 Å². The molecule has 516 valence electrons. The summed E-state index contributed by atoms with van der Waals surface area (Å²) in [6.45, 7) is 19.2. The van der Waals surface area contributed by atoms with E-state index in [1.165, 1.54) is 43.8 Å². The quantitative estimate of drug-likeness (QED) is 0.0221. The molecule has 0 spiro atoms. The first-order chi connectivity index (χ1) is 44.6. The predicted octanol–water partition coefficient (Wildman–Crippen LogP) is 7.00. The van der Waals surface area contributed by atoms with Gasteiger partial charge in [0.25, 0.3) is 0 Å². The number of aromatic nitrogens is 3. The smallest absolute Gasteiger partial charge is 0.459 e. The first-order valence-electron chi connectivity index (χ1n) is 31.6. The maximum atomic E-state index is 15.2. The Hall–Kier alpha value is -7.35. The van der Waals surface area contributed by atoms with Crippen LogP contribution in [0.3, 0.4) is 0 Å². The van der Waals surface area contributed by atoms with Gasteiger partial charge in [-0.25, -0.2) is 23.6 Å². The van der Waals surface area contributed by atoms with E-state index in [9.17, 15) is 39.2 Å². The normalized spacial score (nSPS) is 27.2. The number of nitrogen functional groups attached to an aromatic ring is 1. The van der Waals surface area contributed by atoms with Crippen molar-refractivity contribution in [2.75, 3.05) is 32.2 Å². The lowest BCUT2D eigenvalue weighted by Gasteiger charge is -2.48. The number of anilines is 1. The molecule has 1 saturated carbocycles. The number of esters is 4. The van der Waals surface area contributed by atoms with Gasteiger partial charge in [0.15, 0.2) is 29.7 Å². The van der Waals surface area contributed by atoms with Crippen molar-refractivity contribution in [1.82, 2.24) is 29.8 Å². The third-order valence-electron chi connectivity index (χ3n) is 17.7. The molecule has 2 aromatic carbocycles. The van der Waals surface area contributed by atoms with Crippen LogP contribution in [0.5, 0.6) is 11.5 Å². The second kappa shape index (κ2) is 28.4. The van der Waals surface area contributed by atoms with Crippen molar-refractivity contribution in [2.45, 2.75) is 204 Å². The van der Waals surface area contributed by atoms with Gasteiger partial charge in [0, 0.05) is 20.3 Å². The van der Waals surface area contributed by atoms with Crippen molar-refractivity contribution in [2.24, 2.45) is 21.7 Å². The van der Waals surface area contributed by atoms with Crippen LogP contribution in [0.25, 0.3) is 5.52 Å². The summed E-state index contributed by atoms with van der Waals surface area (Å²) in [4.78, 5) is 61.4. The van der Waals surface area contributed by atoms with E-state index in [-0.39, 0.29) is 76.4 Å². The summed E-state index contributed by atoms with van der Waals surface area (Å²) in [6, 6.07) is 15.7. The van der Waals surface area contributed by atoms with Crippen molar-refractivity contribution in [3.05, 3.63) is 95.1 Å². The molecule has 6 heterocycles. The van der Waals surface area contributed by atoms with Crippen LogP contribution in [-0.4, -0.2) is 152 Å². The Morgan fingerprint density at radius 2 is 1.34 bits per heavy atom. The number of hydrazone groups is 1. The van der Waals surface area contributed by atoms with E-state index in [1.54, 1.807) is 73.5 Å². The number of hydrogen-bond acceptors (Lipinski definition) is 26. The Balaban J connectivity index is 0.896. The molecular formula is C64H87N11O18P2. The van der Waals surface area contributed by atoms with Crippen molar-refractivity contribution in [3.8, 4) is 17.6 Å². The van der Waals surface area contributed by atoms with Gasteiger partial charge in [-0.3, -0.25) is 33.2 Å². The Morgan fingerprint density at radius 3 is 1.88 bits per heavy atom. The summed E-state index contributed by atoms with van der Waals surface area (Å²) in [5, 5.41) is 50.2. The third-order valence-corrected chi connectivity index (χ3v) is 21.0. The van der Waals surface area contributed by atoms with Gasteiger partial charge in [-0.2, -0.15) is 25.6 Å². The van der Waals surface area contributed by atoms with E-state index >= 15 is 4.57 Å². The summed E-state index contributed by atoms with van der Waals surface area (Å²) in [6.07, 6.45) is -1.12. The third kappa shape index (κ3) is 15.7. The van der Waals surface area contributed by atoms with E-state index in [1.807, 2.05) is 47.6 Å². The van der Waals surface area contributed by atoms with E-state index in [0.29, 0.717) is 5.70 Å². The fourth-order valence-corrected chi connectivity index (χ4v) is 15.2. The van der Waals surface area contributed by atoms with Gasteiger partial charge in [0.1, 0.15) is 71.5 Å². The van der Waals surface area contributed by atoms with Crippen molar-refractivity contribution in [3.63, 3.8) is 0 Å². The molecule has 2 saturated heterocycles. The minimum atomic E-state index is -4.72. The maximum Gasteiger partial charge on any atom is 0.459 e. The van der Waals surface area contributed by atoms with Gasteiger partial charge in [-0.05, 0) is 111 Å². The van der Waals surface area contributed by atoms with Crippen LogP contribution in [0.15, 0.2) is 82.5 Å². The minimum Gasteiger partial charge on any atom is -0.464 e. The highest BCUT2D eigenvalue weighted by Gasteiger charge is 2.68. The minimum absolute atomic E-state index is 0.0240. The number of benzene rings is 2. The number of nitrogens with two attached hydrogens (primary N) is 2. The number of hydrogen-bond donors (Lipinski definition) is 6. The largest absolute Gasteiger partial charge is 0.464 e. The molecule has 0 bridgehead atoms. The molecule has 0 amide bonds. The van der Waals surface area contributed by atoms with E-state index in [2.05, 4.69) is 30.4 Å². The molecule has 0 radical (unpaired) electrons. The SMILES string of the molecule is CC(=O)O[C@H]1[C@@H](OC(C)=O)[C@](C)(C2(C)CC=C3C(N)=NC=NN32)O[C@@H]1COP(=O)(N[C@@H](C)C(=O)OCCc1nc(N)c2ccc([C@]3(C#N)O[C@H](COP(=O)(N[C@@H](C)C(=O)OCC4CCCCC4)Oc4ccc(C(C)(C)C)cc4)[C@@H](O)[C@H]3O)n2n1)Oc1ccc(C(C)(C)C)cc1. The fourth-order valence-electron chi connectivity index (χ4n) is 12.2. The Kier molecular flexibility index (Phi) is 21.5. The lowest BCUT2D eigenvalue weighted by atomic mass is 9.76. The van der Waals surface area contributed by atoms with Gasteiger partial charge >= 0.3 is 39.4 Å². The zero-order valence-electron chi connectivity index (χ0n) is 55.5. The number of ether oxygens (including phenoxy) is 6. The highest BCUT2D eigenvalue weighted by molar-refractivity contribution is 7.52. The number of carbonyl (C=O) groups excluding carboxylic acids is 4. The van der Waals surface area contributed by atoms with Crippen LogP contribution in [0.4, 0.5) is 5.82 Å². The van der Waals surface area contributed by atoms with E-state index in [0.717, 1.165) is 50.2 Å². The zero-order chi connectivity index (χ0) is 69.2. The molecule has 5 aliphatic rings. The van der Waals surface area contributed by atoms with Gasteiger partial charge in [-0.15, -0.1) is 0 Å². The number of aliphatic hydroxyl groups excluding tert-OH is 2. The summed E-state index contributed by atoms with van der Waals surface area (Å²) >= 11 is 0. The monoisotopic (exact) mass is 1360 g/mol. The molecule has 29 nitrogen and oxygen atoms in total. The van der Waals surface area contributed by atoms with Crippen LogP contribution >= 0.6 is 15.5 Å². The Bertz CT molecular complexity index is 3730. The first kappa shape index (κ1) is 71.9. The predicted molar refractivity (Wildman–Crippen MR) is 345 cm³/mol. The zero-order valence-corrected chi connectivity index (χ0v) is 57.3. The average molecular weight is 1360 g/mol. The molecule has 13 atom stereocenters. The van der Waals surface area contributed by atoms with Gasteiger partial charge in [0.2, 0.25) is 5.60 Å². The maximum absolute atomic E-state index is 15.2. The summed E-state index contributed by atoms with van der Waals surface area (Å²) in [7, 11) is -9.29. The highest BCUT2D eigenvalue weighted by Crippen LogP contribution is 2.53. The number of nitrogens with zero attached hydrogens (tertiary/aromatic N) is 7. The van der Waals surface area contributed by atoms with Crippen LogP contribution in [0.2, 0.25) is 0 Å². The summed E-state index contributed by atoms with van der Waals surface area (Å²) in [5.74, 6) is -2.65. The number of amidine groups is 1. The molecule has 9 rings (SSSR count). The fraction of sp³-hybridized carbons (Fsp3) is 0.578. The first-order valence-corrected chi connectivity index (χ1v) is 34.7. The molecule has 8 N–H and O–H groups in total. The standard InChI is InChI=1S/C64H87N11O18P2/c1-37(72-95(83,93-45-24-20-43(21-25-45)61(8,9)10)87-34-49-53(88-39(3)76)55(89-40(4)77)63(12,90-49)62(11)30-28-47-56(66)68-36-69-75(47)62)58(80)84-31-29-51-70-57(67)46-26-27-50(74(46)71-51)64(35-65)54(79)52(78)48(91-64)33-86-94(82,92-44-22-18-42(19-23-44)60(5,6)7)73-38(2)59(81)85-32-41-16-14-13-15-17-41/h18-28,36-38,41,48-49,52-55,78-79H,13-17,29-34H2,1-12H3,(H,72,83)(H,73,82)(H2,66,68,69)(H2,67,70,71)/t37-,38-,48+,49+,52+,53+,54+,55+,62?,63+,64-,94?,95?/m0/s1. The number of nitriles is 1. The van der Waals surface area contributed by atoms with E-state index in [4.69, 9.17) is 58.0 Å². The summed E-state index contributed by atoms with van der Waals surface area (Å²) < 4.78 is 91.2. The summed E-state index contributed by atoms with van der Waals surface area (Å²) in [5.41, 5.74) is 9.55. The van der Waals surface area contributed by atoms with Crippen LogP contribution in [0.1, 0.15) is 144 Å². The average Bonchev–Trinajstić information content (AvgIpc) is 1.56. The second-order valence-corrected chi connectivity index (χ2v) is 30.3. The van der Waals surface area contributed by atoms with Gasteiger partial charge < -0.3 is 59.1 Å². The Morgan fingerprint density at radius 1 is 0.779 bits per heavy atom. The number of fused-ring (bicyclic) bond motifs is 2.